The maximum Gasteiger partial charge on any atom is 0.338 e. The molecule has 1 fully saturated rings. The molecule has 1 aliphatic rings. The van der Waals surface area contributed by atoms with Gasteiger partial charge in [0, 0.05) is 31.0 Å². The summed E-state index contributed by atoms with van der Waals surface area (Å²) in [7, 11) is 0. The van der Waals surface area contributed by atoms with Crippen LogP contribution in [-0.2, 0) is 20.8 Å². The van der Waals surface area contributed by atoms with Gasteiger partial charge in [0.15, 0.2) is 6.61 Å². The number of aromatic hydroxyl groups is 1. The zero-order chi connectivity index (χ0) is 22.5. The van der Waals surface area contributed by atoms with Crippen LogP contribution in [0.4, 0.5) is 0 Å². The maximum absolute atomic E-state index is 12.4. The molecule has 7 nitrogen and oxygen atoms in total. The minimum atomic E-state index is -0.477. The van der Waals surface area contributed by atoms with Crippen LogP contribution in [0.3, 0.4) is 0 Å². The van der Waals surface area contributed by atoms with Crippen molar-refractivity contribution in [3.05, 3.63) is 54.1 Å². The second-order valence-corrected chi connectivity index (χ2v) is 8.12. The lowest BCUT2D eigenvalue weighted by Crippen LogP contribution is -2.39. The monoisotopic (exact) mass is 446 g/mol. The number of oxime groups is 1. The number of carbonyl (C=O) groups excluding carboxylic acids is 2. The van der Waals surface area contributed by atoms with Crippen LogP contribution >= 0.6 is 11.8 Å². The first-order chi connectivity index (χ1) is 15.0. The molecule has 1 aromatic rings. The minimum absolute atomic E-state index is 0.0375. The Labute approximate surface area is 187 Å². The number of hydrogen-bond donors (Lipinski definition) is 1. The van der Waals surface area contributed by atoms with Gasteiger partial charge in [0.05, 0.1) is 17.9 Å². The molecule has 0 radical (unpaired) electrons. The van der Waals surface area contributed by atoms with Crippen molar-refractivity contribution < 1.29 is 24.3 Å². The lowest BCUT2D eigenvalue weighted by Gasteiger charge is -2.25. The molecule has 1 aromatic carbocycles. The summed E-state index contributed by atoms with van der Waals surface area (Å²) in [5, 5.41) is 14.0. The first-order valence-electron chi connectivity index (χ1n) is 10.4. The van der Waals surface area contributed by atoms with Crippen LogP contribution in [0.15, 0.2) is 48.2 Å². The quantitative estimate of drug-likeness (QED) is 0.184. The van der Waals surface area contributed by atoms with E-state index in [0.717, 1.165) is 31.0 Å². The molecule has 0 aromatic heterocycles. The highest BCUT2D eigenvalue weighted by Crippen LogP contribution is 2.19. The smallest absolute Gasteiger partial charge is 0.338 e. The third-order valence-electron chi connectivity index (χ3n) is 4.52. The number of rotatable bonds is 11. The number of carbonyl (C=O) groups is 2. The van der Waals surface area contributed by atoms with E-state index in [0.29, 0.717) is 23.3 Å². The summed E-state index contributed by atoms with van der Waals surface area (Å²) in [5.74, 6) is 1.34. The fourth-order valence-electron chi connectivity index (χ4n) is 2.88. The van der Waals surface area contributed by atoms with E-state index in [4.69, 9.17) is 9.57 Å². The second kappa shape index (κ2) is 13.5. The second-order valence-electron chi connectivity index (χ2n) is 6.89. The average Bonchev–Trinajstić information content (AvgIpc) is 2.78. The largest absolute Gasteiger partial charge is 0.508 e. The van der Waals surface area contributed by atoms with Crippen LogP contribution < -0.4 is 0 Å². The van der Waals surface area contributed by atoms with Gasteiger partial charge in [0.2, 0.25) is 0 Å². The topological polar surface area (TPSA) is 88.4 Å². The Morgan fingerprint density at radius 1 is 1.32 bits per heavy atom. The van der Waals surface area contributed by atoms with Crippen LogP contribution in [0, 0.1) is 0 Å². The Morgan fingerprint density at radius 3 is 2.81 bits per heavy atom. The van der Waals surface area contributed by atoms with E-state index < -0.39 is 5.97 Å². The Balaban J connectivity index is 2.10. The summed E-state index contributed by atoms with van der Waals surface area (Å²) in [5.41, 5.74) is 1.45. The van der Waals surface area contributed by atoms with E-state index in [2.05, 4.69) is 11.7 Å². The zero-order valence-corrected chi connectivity index (χ0v) is 18.7. The Bertz CT molecular complexity index is 816. The molecule has 8 heteroatoms. The fraction of sp³-hybridized carbons (Fsp3) is 0.435. The summed E-state index contributed by atoms with van der Waals surface area (Å²) in [4.78, 5) is 31.8. The summed E-state index contributed by atoms with van der Waals surface area (Å²) in [6, 6.07) is 4.48. The van der Waals surface area contributed by atoms with Crippen molar-refractivity contribution in [2.45, 2.75) is 26.2 Å². The zero-order valence-electron chi connectivity index (χ0n) is 17.9. The number of amides is 1. The fourth-order valence-corrected chi connectivity index (χ4v) is 3.79. The first-order valence-corrected chi connectivity index (χ1v) is 11.5. The molecule has 1 N–H and O–H groups in total. The number of phenolic OH excluding ortho intramolecular Hbond substituents is 1. The molecule has 168 valence electrons. The van der Waals surface area contributed by atoms with Gasteiger partial charge < -0.3 is 19.6 Å². The number of phenols is 1. The van der Waals surface area contributed by atoms with Crippen molar-refractivity contribution in [2.75, 3.05) is 37.8 Å². The van der Waals surface area contributed by atoms with Gasteiger partial charge in [-0.15, -0.1) is 6.58 Å². The predicted octanol–water partition coefficient (Wildman–Crippen LogP) is 3.58. The van der Waals surface area contributed by atoms with Crippen LogP contribution in [0.5, 0.6) is 5.75 Å². The molecule has 31 heavy (non-hydrogen) atoms. The lowest BCUT2D eigenvalue weighted by molar-refractivity contribution is -0.135. The Hall–Kier alpha value is -2.74. The van der Waals surface area contributed by atoms with E-state index in [1.54, 1.807) is 17.1 Å². The lowest BCUT2D eigenvalue weighted by atomic mass is 10.0. The molecule has 0 aliphatic carbocycles. The van der Waals surface area contributed by atoms with E-state index in [1.807, 2.05) is 24.8 Å². The van der Waals surface area contributed by atoms with Gasteiger partial charge in [-0.3, -0.25) is 4.79 Å². The molecule has 1 aliphatic heterocycles. The molecule has 0 saturated carbocycles. The molecule has 1 amide bonds. The van der Waals surface area contributed by atoms with Crippen LogP contribution in [-0.4, -0.2) is 65.4 Å². The van der Waals surface area contributed by atoms with E-state index in [-0.39, 0.29) is 31.3 Å². The van der Waals surface area contributed by atoms with E-state index >= 15 is 0 Å². The predicted molar refractivity (Wildman–Crippen MR) is 124 cm³/mol. The Kier molecular flexibility index (Phi) is 10.7. The van der Waals surface area contributed by atoms with Crippen molar-refractivity contribution >= 4 is 29.4 Å². The third kappa shape index (κ3) is 8.49. The normalized spacial score (nSPS) is 14.5. The average molecular weight is 447 g/mol. The molecule has 0 bridgehead atoms. The van der Waals surface area contributed by atoms with Gasteiger partial charge in [0.25, 0.3) is 5.91 Å². The summed E-state index contributed by atoms with van der Waals surface area (Å²) in [6.07, 6.45) is 6.97. The van der Waals surface area contributed by atoms with Gasteiger partial charge in [-0.1, -0.05) is 24.2 Å². The van der Waals surface area contributed by atoms with Gasteiger partial charge >= 0.3 is 5.97 Å². The minimum Gasteiger partial charge on any atom is -0.508 e. The van der Waals surface area contributed by atoms with Gasteiger partial charge in [0.1, 0.15) is 5.75 Å². The van der Waals surface area contributed by atoms with Gasteiger partial charge in [-0.2, -0.15) is 11.8 Å². The van der Waals surface area contributed by atoms with Crippen LogP contribution in [0.25, 0.3) is 0 Å². The van der Waals surface area contributed by atoms with E-state index in [9.17, 15) is 14.7 Å². The third-order valence-corrected chi connectivity index (χ3v) is 5.46. The molecular weight excluding hydrogens is 416 g/mol. The van der Waals surface area contributed by atoms with Crippen LogP contribution in [0.1, 0.15) is 35.7 Å². The number of allylic oxidation sites excluding steroid dienone is 2. The van der Waals surface area contributed by atoms with Crippen molar-refractivity contribution in [3.63, 3.8) is 0 Å². The SMILES string of the molecule is C=CCCOC(=O)c1ccc(O)cc1CC(/C=C/CC)=N\OCC(=O)N1CCSCC1. The maximum atomic E-state index is 12.4. The van der Waals surface area contributed by atoms with Crippen molar-refractivity contribution in [1.29, 1.82) is 0 Å². The van der Waals surface area contributed by atoms with Gasteiger partial charge in [-0.05, 0) is 42.7 Å². The molecule has 0 spiro atoms. The molecule has 1 saturated heterocycles. The standard InChI is InChI=1S/C23H30N2O5S/c1-3-5-7-19(24-30-17-22(27)25-10-13-31-14-11-25)15-18-16-20(26)8-9-21(18)23(28)29-12-6-4-2/h4-5,7-9,16,26H,2-3,6,10-15,17H2,1H3/b7-5+,24-19-. The highest BCUT2D eigenvalue weighted by atomic mass is 32.2. The summed E-state index contributed by atoms with van der Waals surface area (Å²) in [6.45, 7) is 7.14. The van der Waals surface area contributed by atoms with Gasteiger partial charge in [-0.25, -0.2) is 4.79 Å². The van der Waals surface area contributed by atoms with Crippen molar-refractivity contribution in [2.24, 2.45) is 5.16 Å². The highest BCUT2D eigenvalue weighted by molar-refractivity contribution is 7.99. The van der Waals surface area contributed by atoms with Crippen molar-refractivity contribution in [3.8, 4) is 5.75 Å². The number of ether oxygens (including phenoxy) is 1. The number of benzene rings is 1. The highest BCUT2D eigenvalue weighted by Gasteiger charge is 2.18. The molecule has 0 atom stereocenters. The summed E-state index contributed by atoms with van der Waals surface area (Å²) >= 11 is 1.83. The number of hydrogen-bond acceptors (Lipinski definition) is 7. The molecule has 0 unspecified atom stereocenters. The number of esters is 1. The summed E-state index contributed by atoms with van der Waals surface area (Å²) < 4.78 is 5.26. The Morgan fingerprint density at radius 2 is 2.10 bits per heavy atom. The molecule has 1 heterocycles. The molecule has 2 rings (SSSR count). The van der Waals surface area contributed by atoms with E-state index in [1.165, 1.54) is 18.2 Å². The number of nitrogens with zero attached hydrogens (tertiary/aromatic N) is 2. The van der Waals surface area contributed by atoms with Crippen molar-refractivity contribution in [1.82, 2.24) is 4.90 Å². The molecular formula is C23H30N2O5S. The number of thioether (sulfide) groups is 1. The van der Waals surface area contributed by atoms with Crippen LogP contribution in [0.2, 0.25) is 0 Å². The first kappa shape index (κ1) is 24.5.